The highest BCUT2D eigenvalue weighted by molar-refractivity contribution is 7.91. The first-order valence-corrected chi connectivity index (χ1v) is 8.78. The molecular weight excluding hydrogens is 306 g/mol. The highest BCUT2D eigenvalue weighted by Gasteiger charge is 2.39. The van der Waals surface area contributed by atoms with E-state index in [1.165, 1.54) is 6.08 Å². The van der Waals surface area contributed by atoms with E-state index < -0.39 is 15.4 Å². The molecule has 1 amide bonds. The van der Waals surface area contributed by atoms with E-state index in [2.05, 4.69) is 5.32 Å². The van der Waals surface area contributed by atoms with E-state index in [-0.39, 0.29) is 24.2 Å². The molecule has 0 aliphatic carbocycles. The van der Waals surface area contributed by atoms with Crippen molar-refractivity contribution in [3.05, 3.63) is 29.8 Å². The standard InChI is InChI=1S/C15H17NO5S/c1-15(6-7-22(18,19)9-15)16-14(17)5-3-11-2-4-12-13(8-11)21-10-20-12/h2-5,8H,6-7,9-10H2,1H3,(H,16,17)/b5-3+/t15-/m1/s1. The first-order chi connectivity index (χ1) is 10.4. The van der Waals surface area contributed by atoms with Crippen molar-refractivity contribution in [2.45, 2.75) is 18.9 Å². The lowest BCUT2D eigenvalue weighted by molar-refractivity contribution is -0.117. The number of sulfone groups is 1. The number of ether oxygens (including phenoxy) is 2. The van der Waals surface area contributed by atoms with E-state index in [1.807, 2.05) is 6.07 Å². The van der Waals surface area contributed by atoms with Gasteiger partial charge in [0.05, 0.1) is 17.0 Å². The van der Waals surface area contributed by atoms with Crippen LogP contribution in [-0.4, -0.2) is 38.2 Å². The smallest absolute Gasteiger partial charge is 0.244 e. The van der Waals surface area contributed by atoms with Crippen molar-refractivity contribution >= 4 is 21.8 Å². The summed E-state index contributed by atoms with van der Waals surface area (Å²) in [4.78, 5) is 12.0. The Morgan fingerprint density at radius 2 is 2.09 bits per heavy atom. The van der Waals surface area contributed by atoms with E-state index in [9.17, 15) is 13.2 Å². The van der Waals surface area contributed by atoms with Crippen LogP contribution < -0.4 is 14.8 Å². The van der Waals surface area contributed by atoms with Gasteiger partial charge in [0, 0.05) is 6.08 Å². The summed E-state index contributed by atoms with van der Waals surface area (Å²) in [6, 6.07) is 5.39. The van der Waals surface area contributed by atoms with Gasteiger partial charge in [-0.05, 0) is 37.1 Å². The molecule has 6 nitrogen and oxygen atoms in total. The minimum atomic E-state index is -3.04. The van der Waals surface area contributed by atoms with Gasteiger partial charge in [0.2, 0.25) is 12.7 Å². The zero-order chi connectivity index (χ0) is 15.8. The number of carbonyl (C=O) groups is 1. The topological polar surface area (TPSA) is 81.7 Å². The van der Waals surface area contributed by atoms with Crippen LogP contribution in [0.1, 0.15) is 18.9 Å². The summed E-state index contributed by atoms with van der Waals surface area (Å²) in [5.74, 6) is 1.14. The van der Waals surface area contributed by atoms with E-state index in [1.54, 1.807) is 25.1 Å². The summed E-state index contributed by atoms with van der Waals surface area (Å²) < 4.78 is 33.5. The van der Waals surface area contributed by atoms with E-state index in [4.69, 9.17) is 9.47 Å². The van der Waals surface area contributed by atoms with Crippen molar-refractivity contribution in [3.63, 3.8) is 0 Å². The number of fused-ring (bicyclic) bond motifs is 1. The Labute approximate surface area is 129 Å². The molecule has 0 unspecified atom stereocenters. The second kappa shape index (κ2) is 5.31. The zero-order valence-corrected chi connectivity index (χ0v) is 13.0. The summed E-state index contributed by atoms with van der Waals surface area (Å²) in [5.41, 5.74) is 0.124. The quantitative estimate of drug-likeness (QED) is 0.843. The molecular formula is C15H17NO5S. The van der Waals surface area contributed by atoms with Gasteiger partial charge < -0.3 is 14.8 Å². The second-order valence-electron chi connectivity index (χ2n) is 5.84. The molecule has 1 fully saturated rings. The molecule has 1 aromatic carbocycles. The minimum absolute atomic E-state index is 0.0103. The fourth-order valence-corrected chi connectivity index (χ4v) is 4.73. The Morgan fingerprint density at radius 3 is 2.82 bits per heavy atom. The molecule has 0 spiro atoms. The number of nitrogens with one attached hydrogen (secondary N) is 1. The number of amides is 1. The Balaban J connectivity index is 1.64. The maximum Gasteiger partial charge on any atom is 0.244 e. The zero-order valence-electron chi connectivity index (χ0n) is 12.2. The molecule has 22 heavy (non-hydrogen) atoms. The van der Waals surface area contributed by atoms with E-state index in [0.717, 1.165) is 5.56 Å². The van der Waals surface area contributed by atoms with Crippen LogP contribution in [0.2, 0.25) is 0 Å². The van der Waals surface area contributed by atoms with Crippen molar-refractivity contribution in [1.29, 1.82) is 0 Å². The normalized spacial score (nSPS) is 25.5. The molecule has 1 aromatic rings. The fourth-order valence-electron chi connectivity index (χ4n) is 2.64. The summed E-state index contributed by atoms with van der Waals surface area (Å²) >= 11 is 0. The average Bonchev–Trinajstić information content (AvgIpc) is 3.00. The molecule has 118 valence electrons. The summed E-state index contributed by atoms with van der Waals surface area (Å²) in [6.45, 7) is 1.96. The van der Waals surface area contributed by atoms with Crippen LogP contribution >= 0.6 is 0 Å². The van der Waals surface area contributed by atoms with Crippen molar-refractivity contribution in [3.8, 4) is 11.5 Å². The number of hydrogen-bond donors (Lipinski definition) is 1. The fraction of sp³-hybridized carbons (Fsp3) is 0.400. The maximum atomic E-state index is 12.0. The summed E-state index contributed by atoms with van der Waals surface area (Å²) in [7, 11) is -3.04. The van der Waals surface area contributed by atoms with Crippen molar-refractivity contribution in [2.24, 2.45) is 0 Å². The van der Waals surface area contributed by atoms with Gasteiger partial charge in [-0.3, -0.25) is 4.79 Å². The molecule has 2 aliphatic heterocycles. The third-order valence-electron chi connectivity index (χ3n) is 3.75. The van der Waals surface area contributed by atoms with Crippen molar-refractivity contribution in [2.75, 3.05) is 18.3 Å². The van der Waals surface area contributed by atoms with Crippen molar-refractivity contribution < 1.29 is 22.7 Å². The lowest BCUT2D eigenvalue weighted by Crippen LogP contribution is -2.46. The first-order valence-electron chi connectivity index (χ1n) is 6.96. The third-order valence-corrected chi connectivity index (χ3v) is 5.66. The molecule has 0 bridgehead atoms. The maximum absolute atomic E-state index is 12.0. The van der Waals surface area contributed by atoms with Gasteiger partial charge in [0.25, 0.3) is 0 Å². The SMILES string of the molecule is C[C@@]1(NC(=O)/C=C/c2ccc3c(c2)OCO3)CCS(=O)(=O)C1. The number of hydrogen-bond acceptors (Lipinski definition) is 5. The summed E-state index contributed by atoms with van der Waals surface area (Å²) in [5, 5.41) is 2.77. The molecule has 0 saturated carbocycles. The van der Waals surface area contributed by atoms with Crippen LogP contribution in [0, 0.1) is 0 Å². The Kier molecular flexibility index (Phi) is 3.60. The van der Waals surface area contributed by atoms with E-state index >= 15 is 0 Å². The number of benzene rings is 1. The predicted octanol–water partition coefficient (Wildman–Crippen LogP) is 1.12. The molecule has 1 atom stereocenters. The molecule has 2 aliphatic rings. The molecule has 0 radical (unpaired) electrons. The Morgan fingerprint density at radius 1 is 1.32 bits per heavy atom. The molecule has 3 rings (SSSR count). The number of carbonyl (C=O) groups excluding carboxylic acids is 1. The van der Waals surface area contributed by atoms with Crippen LogP contribution in [0.5, 0.6) is 11.5 Å². The lowest BCUT2D eigenvalue weighted by atomic mass is 10.0. The van der Waals surface area contributed by atoms with Crippen molar-refractivity contribution in [1.82, 2.24) is 5.32 Å². The monoisotopic (exact) mass is 323 g/mol. The molecule has 1 N–H and O–H groups in total. The summed E-state index contributed by atoms with van der Waals surface area (Å²) in [6.07, 6.45) is 3.50. The van der Waals surface area contributed by atoms with Crippen LogP contribution in [-0.2, 0) is 14.6 Å². The van der Waals surface area contributed by atoms with Crippen LogP contribution in [0.3, 0.4) is 0 Å². The predicted molar refractivity (Wildman–Crippen MR) is 81.4 cm³/mol. The molecule has 7 heteroatoms. The van der Waals surface area contributed by atoms with Gasteiger partial charge in [-0.2, -0.15) is 0 Å². The Bertz CT molecular complexity index is 740. The largest absolute Gasteiger partial charge is 0.454 e. The lowest BCUT2D eigenvalue weighted by Gasteiger charge is -2.22. The average molecular weight is 323 g/mol. The highest BCUT2D eigenvalue weighted by Crippen LogP contribution is 2.32. The minimum Gasteiger partial charge on any atom is -0.454 e. The Hall–Kier alpha value is -2.02. The molecule has 2 heterocycles. The van der Waals surface area contributed by atoms with Crippen LogP contribution in [0.4, 0.5) is 0 Å². The number of rotatable bonds is 3. The molecule has 1 saturated heterocycles. The third kappa shape index (κ3) is 3.24. The van der Waals surface area contributed by atoms with Gasteiger partial charge in [0.15, 0.2) is 21.3 Å². The van der Waals surface area contributed by atoms with E-state index in [0.29, 0.717) is 17.9 Å². The first kappa shape index (κ1) is 14.9. The van der Waals surface area contributed by atoms with Gasteiger partial charge in [0.1, 0.15) is 0 Å². The van der Waals surface area contributed by atoms with Gasteiger partial charge >= 0.3 is 0 Å². The van der Waals surface area contributed by atoms with Gasteiger partial charge in [-0.15, -0.1) is 0 Å². The highest BCUT2D eigenvalue weighted by atomic mass is 32.2. The molecule has 0 aromatic heterocycles. The van der Waals surface area contributed by atoms with Gasteiger partial charge in [-0.1, -0.05) is 6.07 Å². The van der Waals surface area contributed by atoms with Crippen LogP contribution in [0.25, 0.3) is 6.08 Å². The van der Waals surface area contributed by atoms with Gasteiger partial charge in [-0.25, -0.2) is 8.42 Å². The second-order valence-corrected chi connectivity index (χ2v) is 8.02. The van der Waals surface area contributed by atoms with Crippen LogP contribution in [0.15, 0.2) is 24.3 Å².